The maximum atomic E-state index is 12.2. The lowest BCUT2D eigenvalue weighted by molar-refractivity contribution is -0.119. The van der Waals surface area contributed by atoms with Crippen molar-refractivity contribution in [1.82, 2.24) is 0 Å². The number of nitrogens with two attached hydrogens (primary N) is 1. The van der Waals surface area contributed by atoms with Gasteiger partial charge in [-0.05, 0) is 30.3 Å². The summed E-state index contributed by atoms with van der Waals surface area (Å²) in [6, 6.07) is 10.3. The number of rotatable bonds is 1. The van der Waals surface area contributed by atoms with E-state index < -0.39 is 6.04 Å². The Hall–Kier alpha value is -1.26. The molecule has 1 heterocycles. The minimum atomic E-state index is -0.585. The van der Waals surface area contributed by atoms with Crippen LogP contribution < -0.4 is 10.6 Å². The zero-order chi connectivity index (χ0) is 15.9. The fourth-order valence-corrected chi connectivity index (χ4v) is 3.10. The van der Waals surface area contributed by atoms with E-state index in [-0.39, 0.29) is 12.2 Å². The van der Waals surface area contributed by atoms with Gasteiger partial charge in [-0.25, -0.2) is 0 Å². The molecule has 1 aliphatic heterocycles. The van der Waals surface area contributed by atoms with Gasteiger partial charge in [0.25, 0.3) is 0 Å². The smallest absolute Gasteiger partial charge is 0.155 e. The molecule has 114 valence electrons. The lowest BCUT2D eigenvalue weighted by atomic mass is 10.1. The number of ketones is 1. The minimum Gasteiger partial charge on any atom is -0.339 e. The third-order valence-electron chi connectivity index (χ3n) is 3.74. The second kappa shape index (κ2) is 6.09. The van der Waals surface area contributed by atoms with Crippen LogP contribution in [0, 0.1) is 0 Å². The number of carbonyl (C=O) groups excluding carboxylic acids is 1. The summed E-state index contributed by atoms with van der Waals surface area (Å²) in [5.41, 5.74) is 8.49. The average Bonchev–Trinajstić information content (AvgIpc) is 2.61. The van der Waals surface area contributed by atoms with Crippen molar-refractivity contribution in [3.63, 3.8) is 0 Å². The Balaban J connectivity index is 2.16. The molecule has 0 amide bonds. The Bertz CT molecular complexity index is 748. The summed E-state index contributed by atoms with van der Waals surface area (Å²) in [7, 11) is 0. The fraction of sp³-hybridized carbons (Fsp3) is 0.188. The van der Waals surface area contributed by atoms with E-state index in [2.05, 4.69) is 0 Å². The molecule has 0 spiro atoms. The molecule has 0 radical (unpaired) electrons. The molecule has 1 aliphatic rings. The summed E-state index contributed by atoms with van der Waals surface area (Å²) in [5.74, 6) is -0.0306. The van der Waals surface area contributed by atoms with Crippen molar-refractivity contribution in [2.75, 3.05) is 11.4 Å². The van der Waals surface area contributed by atoms with Gasteiger partial charge in [0, 0.05) is 34.9 Å². The maximum Gasteiger partial charge on any atom is 0.155 e. The first kappa shape index (κ1) is 15.6. The van der Waals surface area contributed by atoms with E-state index in [1.807, 2.05) is 23.1 Å². The van der Waals surface area contributed by atoms with Gasteiger partial charge in [0.05, 0.1) is 16.1 Å². The molecule has 1 atom stereocenters. The molecule has 2 aromatic carbocycles. The van der Waals surface area contributed by atoms with E-state index in [0.717, 1.165) is 16.9 Å². The van der Waals surface area contributed by atoms with Crippen LogP contribution in [0.15, 0.2) is 36.4 Å². The normalized spacial score (nSPS) is 18.1. The highest BCUT2D eigenvalue weighted by Gasteiger charge is 2.28. The summed E-state index contributed by atoms with van der Waals surface area (Å²) in [4.78, 5) is 14.1. The van der Waals surface area contributed by atoms with Crippen LogP contribution in [0.5, 0.6) is 0 Å². The van der Waals surface area contributed by atoms with Crippen LogP contribution in [0.1, 0.15) is 5.56 Å². The van der Waals surface area contributed by atoms with Crippen molar-refractivity contribution in [2.24, 2.45) is 5.73 Å². The number of hydrogen-bond donors (Lipinski definition) is 1. The van der Waals surface area contributed by atoms with Gasteiger partial charge in [0.2, 0.25) is 0 Å². The van der Waals surface area contributed by atoms with E-state index in [1.54, 1.807) is 18.2 Å². The molecule has 2 N–H and O–H groups in total. The van der Waals surface area contributed by atoms with Gasteiger partial charge in [0.1, 0.15) is 0 Å². The second-order valence-corrected chi connectivity index (χ2v) is 6.42. The number of nitrogens with zero attached hydrogens (tertiary/aromatic N) is 1. The number of benzene rings is 2. The predicted molar refractivity (Wildman–Crippen MR) is 91.6 cm³/mol. The topological polar surface area (TPSA) is 46.3 Å². The molecule has 3 rings (SSSR count). The number of halogens is 3. The molecule has 0 unspecified atom stereocenters. The molecule has 2 aromatic rings. The first-order valence-corrected chi connectivity index (χ1v) is 7.89. The van der Waals surface area contributed by atoms with Gasteiger partial charge in [-0.15, -0.1) is 0 Å². The van der Waals surface area contributed by atoms with Gasteiger partial charge in [-0.2, -0.15) is 0 Å². The maximum absolute atomic E-state index is 12.2. The minimum absolute atomic E-state index is 0.0306. The largest absolute Gasteiger partial charge is 0.339 e. The Morgan fingerprint density at radius 2 is 1.82 bits per heavy atom. The van der Waals surface area contributed by atoms with Crippen molar-refractivity contribution in [3.8, 4) is 0 Å². The molecule has 0 fully saturated rings. The fourth-order valence-electron chi connectivity index (χ4n) is 2.57. The molecule has 22 heavy (non-hydrogen) atoms. The van der Waals surface area contributed by atoms with E-state index in [1.165, 1.54) is 0 Å². The molecule has 0 aliphatic carbocycles. The van der Waals surface area contributed by atoms with E-state index >= 15 is 0 Å². The monoisotopic (exact) mass is 354 g/mol. The van der Waals surface area contributed by atoms with Crippen LogP contribution in [0.3, 0.4) is 0 Å². The SMILES string of the molecule is N[C@H]1CN(c2ccc(Cl)c(Cl)c2)c2cccc(Cl)c2CC1=O. The number of carbonyl (C=O) groups is 1. The molecular weight excluding hydrogens is 343 g/mol. The van der Waals surface area contributed by atoms with E-state index in [0.29, 0.717) is 21.6 Å². The molecule has 6 heteroatoms. The third-order valence-corrected chi connectivity index (χ3v) is 4.84. The lowest BCUT2D eigenvalue weighted by Crippen LogP contribution is -2.39. The Morgan fingerprint density at radius 1 is 1.05 bits per heavy atom. The standard InChI is InChI=1S/C16H13Cl3N2O/c17-11-2-1-3-15-10(11)7-16(22)14(20)8-21(15)9-4-5-12(18)13(19)6-9/h1-6,14H,7-8,20H2/t14-/m0/s1. The van der Waals surface area contributed by atoms with Crippen LogP contribution in [-0.4, -0.2) is 18.4 Å². The van der Waals surface area contributed by atoms with Crippen molar-refractivity contribution in [3.05, 3.63) is 57.0 Å². The quantitative estimate of drug-likeness (QED) is 0.832. The highest BCUT2D eigenvalue weighted by molar-refractivity contribution is 6.42. The lowest BCUT2D eigenvalue weighted by Gasteiger charge is -2.27. The van der Waals surface area contributed by atoms with E-state index in [9.17, 15) is 4.79 Å². The van der Waals surface area contributed by atoms with Gasteiger partial charge in [-0.1, -0.05) is 40.9 Å². The van der Waals surface area contributed by atoms with Crippen LogP contribution in [0.25, 0.3) is 0 Å². The van der Waals surface area contributed by atoms with E-state index in [4.69, 9.17) is 40.5 Å². The van der Waals surface area contributed by atoms with Crippen molar-refractivity contribution < 1.29 is 4.79 Å². The second-order valence-electron chi connectivity index (χ2n) is 5.20. The van der Waals surface area contributed by atoms with Gasteiger partial charge < -0.3 is 10.6 Å². The van der Waals surface area contributed by atoms with Crippen molar-refractivity contribution in [1.29, 1.82) is 0 Å². The Labute approximate surface area is 143 Å². The molecule has 0 aromatic heterocycles. The Kier molecular flexibility index (Phi) is 4.33. The summed E-state index contributed by atoms with van der Waals surface area (Å²) in [5, 5.41) is 1.49. The number of anilines is 2. The summed E-state index contributed by atoms with van der Waals surface area (Å²) in [6.45, 7) is 0.365. The highest BCUT2D eigenvalue weighted by Crippen LogP contribution is 2.37. The van der Waals surface area contributed by atoms with Gasteiger partial charge in [0.15, 0.2) is 5.78 Å². The molecular formula is C16H13Cl3N2O. The summed E-state index contributed by atoms with van der Waals surface area (Å²) < 4.78 is 0. The zero-order valence-electron chi connectivity index (χ0n) is 11.5. The van der Waals surface area contributed by atoms with Gasteiger partial charge in [-0.3, -0.25) is 4.79 Å². The van der Waals surface area contributed by atoms with Crippen molar-refractivity contribution in [2.45, 2.75) is 12.5 Å². The number of fused-ring (bicyclic) bond motifs is 1. The van der Waals surface area contributed by atoms with Crippen LogP contribution in [0.2, 0.25) is 15.1 Å². The molecule has 0 bridgehead atoms. The number of hydrogen-bond acceptors (Lipinski definition) is 3. The van der Waals surface area contributed by atoms with Crippen LogP contribution in [-0.2, 0) is 11.2 Å². The summed E-state index contributed by atoms with van der Waals surface area (Å²) >= 11 is 18.4. The highest BCUT2D eigenvalue weighted by atomic mass is 35.5. The number of Topliss-reactive ketones (excluding diaryl/α,β-unsaturated/α-hetero) is 1. The third kappa shape index (κ3) is 2.82. The molecule has 0 saturated heterocycles. The first-order valence-electron chi connectivity index (χ1n) is 6.75. The Morgan fingerprint density at radius 3 is 2.55 bits per heavy atom. The summed E-state index contributed by atoms with van der Waals surface area (Å²) in [6.07, 6.45) is 0.230. The average molecular weight is 356 g/mol. The van der Waals surface area contributed by atoms with Gasteiger partial charge >= 0.3 is 0 Å². The molecule has 0 saturated carbocycles. The first-order chi connectivity index (χ1) is 10.5. The zero-order valence-corrected chi connectivity index (χ0v) is 13.8. The predicted octanol–water partition coefficient (Wildman–Crippen LogP) is 4.24. The van der Waals surface area contributed by atoms with Crippen molar-refractivity contribution >= 4 is 52.0 Å². The van der Waals surface area contributed by atoms with Crippen LogP contribution in [0.4, 0.5) is 11.4 Å². The van der Waals surface area contributed by atoms with Crippen LogP contribution >= 0.6 is 34.8 Å². The molecule has 3 nitrogen and oxygen atoms in total.